The van der Waals surface area contributed by atoms with E-state index in [1.807, 2.05) is 0 Å². The van der Waals surface area contributed by atoms with Gasteiger partial charge in [-0.3, -0.25) is 4.68 Å². The Morgan fingerprint density at radius 3 is 2.47 bits per heavy atom. The monoisotopic (exact) mass is 265 g/mol. The van der Waals surface area contributed by atoms with Crippen molar-refractivity contribution in [2.45, 2.75) is 66.8 Å². The molecule has 3 nitrogen and oxygen atoms in total. The number of nitrogens with zero attached hydrogens (tertiary/aromatic N) is 2. The predicted molar refractivity (Wildman–Crippen MR) is 82.7 cm³/mol. The minimum Gasteiger partial charge on any atom is -0.316 e. The molecule has 1 heterocycles. The van der Waals surface area contributed by atoms with Gasteiger partial charge in [0.15, 0.2) is 0 Å². The van der Waals surface area contributed by atoms with E-state index in [-0.39, 0.29) is 0 Å². The van der Waals surface area contributed by atoms with Crippen molar-refractivity contribution in [3.8, 4) is 0 Å². The molecule has 0 radical (unpaired) electrons. The summed E-state index contributed by atoms with van der Waals surface area (Å²) in [6.07, 6.45) is 3.47. The lowest BCUT2D eigenvalue weighted by atomic mass is 9.99. The molecule has 0 fully saturated rings. The summed E-state index contributed by atoms with van der Waals surface area (Å²) >= 11 is 0. The second-order valence-corrected chi connectivity index (χ2v) is 5.86. The van der Waals surface area contributed by atoms with Crippen LogP contribution in [-0.4, -0.2) is 22.9 Å². The highest BCUT2D eigenvalue weighted by atomic mass is 15.3. The molecule has 1 aromatic rings. The van der Waals surface area contributed by atoms with E-state index in [1.165, 1.54) is 23.4 Å². The predicted octanol–water partition coefficient (Wildman–Crippen LogP) is 3.65. The highest BCUT2D eigenvalue weighted by molar-refractivity contribution is 5.25. The maximum absolute atomic E-state index is 4.73. The van der Waals surface area contributed by atoms with Gasteiger partial charge in [-0.25, -0.2) is 0 Å². The maximum Gasteiger partial charge on any atom is 0.0628 e. The van der Waals surface area contributed by atoms with Crippen LogP contribution in [-0.2, 0) is 6.42 Å². The van der Waals surface area contributed by atoms with Crippen LogP contribution in [0, 0.1) is 19.8 Å². The summed E-state index contributed by atoms with van der Waals surface area (Å²) in [5.74, 6) is 0.665. The lowest BCUT2D eigenvalue weighted by Crippen LogP contribution is -2.23. The molecule has 110 valence electrons. The van der Waals surface area contributed by atoms with Crippen LogP contribution >= 0.6 is 0 Å². The second-order valence-electron chi connectivity index (χ2n) is 5.86. The summed E-state index contributed by atoms with van der Waals surface area (Å²) in [5.41, 5.74) is 4.01. The zero-order valence-corrected chi connectivity index (χ0v) is 13.6. The minimum absolute atomic E-state index is 0.501. The zero-order chi connectivity index (χ0) is 14.4. The van der Waals surface area contributed by atoms with Gasteiger partial charge in [-0.1, -0.05) is 20.8 Å². The smallest absolute Gasteiger partial charge is 0.0628 e. The molecule has 1 rings (SSSR count). The highest BCUT2D eigenvalue weighted by Crippen LogP contribution is 2.21. The van der Waals surface area contributed by atoms with E-state index in [0.717, 1.165) is 25.9 Å². The number of nitrogens with one attached hydrogen (secondary N) is 1. The van der Waals surface area contributed by atoms with Gasteiger partial charge in [-0.15, -0.1) is 0 Å². The Morgan fingerprint density at radius 2 is 1.89 bits per heavy atom. The molecule has 2 unspecified atom stereocenters. The van der Waals surface area contributed by atoms with Crippen LogP contribution < -0.4 is 5.32 Å². The first-order valence-electron chi connectivity index (χ1n) is 7.76. The largest absolute Gasteiger partial charge is 0.316 e. The van der Waals surface area contributed by atoms with E-state index in [0.29, 0.717) is 12.0 Å². The maximum atomic E-state index is 4.73. The van der Waals surface area contributed by atoms with E-state index in [2.05, 4.69) is 51.5 Å². The Morgan fingerprint density at radius 1 is 1.21 bits per heavy atom. The Labute approximate surface area is 118 Å². The normalized spacial score (nSPS) is 14.6. The van der Waals surface area contributed by atoms with Gasteiger partial charge in [0.05, 0.1) is 5.69 Å². The Bertz CT molecular complexity index is 382. The van der Waals surface area contributed by atoms with Crippen molar-refractivity contribution in [3.05, 3.63) is 17.0 Å². The van der Waals surface area contributed by atoms with Crippen molar-refractivity contribution >= 4 is 0 Å². The Kier molecular flexibility index (Phi) is 6.56. The number of hydrogen-bond acceptors (Lipinski definition) is 2. The van der Waals surface area contributed by atoms with Gasteiger partial charge in [0.25, 0.3) is 0 Å². The number of hydrogen-bond donors (Lipinski definition) is 1. The van der Waals surface area contributed by atoms with Crippen LogP contribution in [0.15, 0.2) is 0 Å². The van der Waals surface area contributed by atoms with Crippen molar-refractivity contribution < 1.29 is 0 Å². The molecule has 0 aromatic carbocycles. The summed E-state index contributed by atoms with van der Waals surface area (Å²) in [4.78, 5) is 0. The van der Waals surface area contributed by atoms with Gasteiger partial charge in [-0.2, -0.15) is 5.10 Å². The third kappa shape index (κ3) is 4.34. The van der Waals surface area contributed by atoms with Gasteiger partial charge >= 0.3 is 0 Å². The van der Waals surface area contributed by atoms with Crippen LogP contribution in [0.1, 0.15) is 63.5 Å². The molecule has 0 aliphatic rings. The molecule has 0 bridgehead atoms. The van der Waals surface area contributed by atoms with Crippen molar-refractivity contribution in [1.82, 2.24) is 15.1 Å². The van der Waals surface area contributed by atoms with Gasteiger partial charge in [0.1, 0.15) is 0 Å². The van der Waals surface area contributed by atoms with Gasteiger partial charge in [-0.05, 0) is 64.6 Å². The lowest BCUT2D eigenvalue weighted by Gasteiger charge is -2.14. The molecular formula is C16H31N3. The van der Waals surface area contributed by atoms with Crippen molar-refractivity contribution in [2.24, 2.45) is 5.92 Å². The van der Waals surface area contributed by atoms with E-state index in [4.69, 9.17) is 5.10 Å². The molecule has 0 saturated carbocycles. The molecule has 0 aliphatic heterocycles. The van der Waals surface area contributed by atoms with Gasteiger partial charge < -0.3 is 5.32 Å². The minimum atomic E-state index is 0.501. The molecule has 19 heavy (non-hydrogen) atoms. The van der Waals surface area contributed by atoms with Crippen molar-refractivity contribution in [1.29, 1.82) is 0 Å². The first-order valence-corrected chi connectivity index (χ1v) is 7.76. The van der Waals surface area contributed by atoms with Gasteiger partial charge in [0.2, 0.25) is 0 Å². The van der Waals surface area contributed by atoms with Crippen LogP contribution in [0.5, 0.6) is 0 Å². The van der Waals surface area contributed by atoms with E-state index >= 15 is 0 Å². The summed E-state index contributed by atoms with van der Waals surface area (Å²) in [6.45, 7) is 15.6. The standard InChI is InChI=1S/C16H31N3/c1-7-9-17-11-12(3)10-16-14(5)18-19(15(16)6)13(4)8-2/h12-13,17H,7-11H2,1-6H3. The highest BCUT2D eigenvalue weighted by Gasteiger charge is 2.16. The lowest BCUT2D eigenvalue weighted by molar-refractivity contribution is 0.463. The fourth-order valence-corrected chi connectivity index (χ4v) is 2.54. The van der Waals surface area contributed by atoms with E-state index in [9.17, 15) is 0 Å². The molecule has 0 amide bonds. The molecular weight excluding hydrogens is 234 g/mol. The molecule has 1 aromatic heterocycles. The number of aryl methyl sites for hydroxylation is 1. The topological polar surface area (TPSA) is 29.9 Å². The summed E-state index contributed by atoms with van der Waals surface area (Å²) in [6, 6.07) is 0.501. The quantitative estimate of drug-likeness (QED) is 0.727. The Hall–Kier alpha value is -0.830. The van der Waals surface area contributed by atoms with Crippen LogP contribution in [0.4, 0.5) is 0 Å². The zero-order valence-electron chi connectivity index (χ0n) is 13.6. The van der Waals surface area contributed by atoms with Crippen molar-refractivity contribution in [2.75, 3.05) is 13.1 Å². The van der Waals surface area contributed by atoms with Crippen LogP contribution in [0.25, 0.3) is 0 Å². The molecule has 0 aliphatic carbocycles. The average Bonchev–Trinajstić information content (AvgIpc) is 2.66. The van der Waals surface area contributed by atoms with Crippen molar-refractivity contribution in [3.63, 3.8) is 0 Å². The van der Waals surface area contributed by atoms with Crippen LogP contribution in [0.3, 0.4) is 0 Å². The average molecular weight is 265 g/mol. The first-order chi connectivity index (χ1) is 9.01. The molecule has 0 spiro atoms. The summed E-state index contributed by atoms with van der Waals surface area (Å²) in [7, 11) is 0. The Balaban J connectivity index is 2.70. The molecule has 1 N–H and O–H groups in total. The fourth-order valence-electron chi connectivity index (χ4n) is 2.54. The third-order valence-corrected chi connectivity index (χ3v) is 3.96. The summed E-state index contributed by atoms with van der Waals surface area (Å²) in [5, 5.41) is 8.23. The summed E-state index contributed by atoms with van der Waals surface area (Å²) < 4.78 is 2.21. The molecule has 2 atom stereocenters. The van der Waals surface area contributed by atoms with E-state index in [1.54, 1.807) is 0 Å². The first kappa shape index (κ1) is 16.2. The fraction of sp³-hybridized carbons (Fsp3) is 0.812. The molecule has 3 heteroatoms. The SMILES string of the molecule is CCCNCC(C)Cc1c(C)nn(C(C)CC)c1C. The van der Waals surface area contributed by atoms with Crippen LogP contribution in [0.2, 0.25) is 0 Å². The second kappa shape index (κ2) is 7.68. The number of aromatic nitrogens is 2. The molecule has 0 saturated heterocycles. The van der Waals surface area contributed by atoms with Gasteiger partial charge in [0, 0.05) is 11.7 Å². The third-order valence-electron chi connectivity index (χ3n) is 3.96. The van der Waals surface area contributed by atoms with E-state index < -0.39 is 0 Å². The number of rotatable bonds is 8.